The summed E-state index contributed by atoms with van der Waals surface area (Å²) in [6, 6.07) is 0. The molecule has 0 aliphatic rings. The Morgan fingerprint density at radius 2 is 2.00 bits per heavy atom. The topological polar surface area (TPSA) is 9.23 Å². The number of unbranched alkanes of at least 4 members (excludes halogenated alkanes) is 3. The van der Waals surface area contributed by atoms with E-state index in [0.29, 0.717) is 0 Å². The second kappa shape index (κ2) is 7.96. The predicted molar refractivity (Wildman–Crippen MR) is 40.3 cm³/mol. The van der Waals surface area contributed by atoms with E-state index in [9.17, 15) is 0 Å². The summed E-state index contributed by atoms with van der Waals surface area (Å²) in [5.74, 6) is 0. The lowest BCUT2D eigenvalue weighted by Crippen LogP contribution is -1.92. The molecule has 0 spiro atoms. The maximum absolute atomic E-state index is 5.16. The van der Waals surface area contributed by atoms with Crippen LogP contribution >= 0.6 is 0 Å². The molecule has 1 radical (unpaired) electrons. The molecule has 0 heterocycles. The fourth-order valence-electron chi connectivity index (χ4n) is 0.702. The average molecular weight is 129 g/mol. The van der Waals surface area contributed by atoms with Crippen molar-refractivity contribution >= 4 is 0 Å². The summed E-state index contributed by atoms with van der Waals surface area (Å²) in [7, 11) is 0. The fourth-order valence-corrected chi connectivity index (χ4v) is 0.702. The maximum atomic E-state index is 5.16. The molecule has 55 valence electrons. The van der Waals surface area contributed by atoms with Gasteiger partial charge in [0.05, 0.1) is 0 Å². The van der Waals surface area contributed by atoms with Gasteiger partial charge in [0, 0.05) is 13.2 Å². The lowest BCUT2D eigenvalue weighted by molar-refractivity contribution is 0.143. The maximum Gasteiger partial charge on any atom is 0.0465 e. The molecule has 0 aromatic rings. The van der Waals surface area contributed by atoms with Crippen molar-refractivity contribution in [1.29, 1.82) is 0 Å². The zero-order valence-corrected chi connectivity index (χ0v) is 6.36. The lowest BCUT2D eigenvalue weighted by atomic mass is 10.2. The molecule has 0 fully saturated rings. The summed E-state index contributed by atoms with van der Waals surface area (Å²) in [4.78, 5) is 0. The molecule has 0 aromatic heterocycles. The molecular weight excluding hydrogens is 112 g/mol. The van der Waals surface area contributed by atoms with Gasteiger partial charge in [0.15, 0.2) is 0 Å². The Kier molecular flexibility index (Phi) is 7.92. The van der Waals surface area contributed by atoms with Gasteiger partial charge in [-0.1, -0.05) is 26.2 Å². The summed E-state index contributed by atoms with van der Waals surface area (Å²) in [5, 5.41) is 0. The quantitative estimate of drug-likeness (QED) is 0.500. The summed E-state index contributed by atoms with van der Waals surface area (Å²) in [5.41, 5.74) is 0. The Hall–Kier alpha value is -0.0400. The van der Waals surface area contributed by atoms with Crippen LogP contribution in [0, 0.1) is 6.92 Å². The van der Waals surface area contributed by atoms with Crippen molar-refractivity contribution in [2.75, 3.05) is 13.2 Å². The highest BCUT2D eigenvalue weighted by molar-refractivity contribution is 4.42. The molecule has 0 rings (SSSR count). The third-order valence-electron chi connectivity index (χ3n) is 1.24. The molecule has 0 unspecified atom stereocenters. The van der Waals surface area contributed by atoms with Gasteiger partial charge in [0.1, 0.15) is 0 Å². The number of ether oxygens (including phenoxy) is 1. The van der Waals surface area contributed by atoms with E-state index in [1.807, 2.05) is 6.92 Å². The molecule has 0 amide bonds. The van der Waals surface area contributed by atoms with Crippen LogP contribution in [0.1, 0.15) is 32.6 Å². The first-order valence-corrected chi connectivity index (χ1v) is 3.78. The summed E-state index contributed by atoms with van der Waals surface area (Å²) in [6.45, 7) is 7.57. The smallest absolute Gasteiger partial charge is 0.0465 e. The first kappa shape index (κ1) is 8.96. The highest BCUT2D eigenvalue weighted by Crippen LogP contribution is 1.97. The summed E-state index contributed by atoms with van der Waals surface area (Å²) in [6.07, 6.45) is 4.77. The minimum Gasteiger partial charge on any atom is -0.382 e. The van der Waals surface area contributed by atoms with Crippen molar-refractivity contribution in [1.82, 2.24) is 0 Å². The third-order valence-corrected chi connectivity index (χ3v) is 1.24. The SMILES string of the molecule is [CH2]CCCCCOCC. The molecule has 0 aliphatic carbocycles. The van der Waals surface area contributed by atoms with Gasteiger partial charge in [0.25, 0.3) is 0 Å². The van der Waals surface area contributed by atoms with E-state index < -0.39 is 0 Å². The van der Waals surface area contributed by atoms with Crippen molar-refractivity contribution in [2.45, 2.75) is 32.6 Å². The van der Waals surface area contributed by atoms with Crippen LogP contribution in [-0.4, -0.2) is 13.2 Å². The van der Waals surface area contributed by atoms with Crippen LogP contribution in [0.3, 0.4) is 0 Å². The van der Waals surface area contributed by atoms with E-state index in [1.165, 1.54) is 19.3 Å². The van der Waals surface area contributed by atoms with E-state index in [4.69, 9.17) is 4.74 Å². The van der Waals surface area contributed by atoms with Crippen molar-refractivity contribution in [3.05, 3.63) is 6.92 Å². The summed E-state index contributed by atoms with van der Waals surface area (Å²) < 4.78 is 5.16. The van der Waals surface area contributed by atoms with Gasteiger partial charge in [-0.05, 0) is 13.3 Å². The van der Waals surface area contributed by atoms with Gasteiger partial charge in [-0.25, -0.2) is 0 Å². The van der Waals surface area contributed by atoms with E-state index in [-0.39, 0.29) is 0 Å². The first-order valence-electron chi connectivity index (χ1n) is 3.78. The zero-order valence-electron chi connectivity index (χ0n) is 6.36. The third kappa shape index (κ3) is 7.96. The molecule has 9 heavy (non-hydrogen) atoms. The standard InChI is InChI=1S/C8H17O/c1-3-5-6-7-8-9-4-2/h1,3-8H2,2H3. The van der Waals surface area contributed by atoms with Crippen LogP contribution in [0.2, 0.25) is 0 Å². The zero-order chi connectivity index (χ0) is 6.95. The number of rotatable bonds is 6. The fraction of sp³-hybridized carbons (Fsp3) is 0.875. The number of hydrogen-bond donors (Lipinski definition) is 0. The average Bonchev–Trinajstić information content (AvgIpc) is 1.89. The second-order valence-electron chi connectivity index (χ2n) is 2.11. The van der Waals surface area contributed by atoms with Crippen LogP contribution in [0.15, 0.2) is 0 Å². The van der Waals surface area contributed by atoms with Crippen LogP contribution < -0.4 is 0 Å². The van der Waals surface area contributed by atoms with Gasteiger partial charge in [-0.2, -0.15) is 0 Å². The number of hydrogen-bond acceptors (Lipinski definition) is 1. The normalized spacial score (nSPS) is 10.0. The van der Waals surface area contributed by atoms with Crippen LogP contribution in [0.25, 0.3) is 0 Å². The molecular formula is C8H17O. The van der Waals surface area contributed by atoms with Gasteiger partial charge in [-0.15, -0.1) is 0 Å². The highest BCUT2D eigenvalue weighted by atomic mass is 16.5. The van der Waals surface area contributed by atoms with Crippen LogP contribution in [0.4, 0.5) is 0 Å². The van der Waals surface area contributed by atoms with E-state index in [2.05, 4.69) is 6.92 Å². The minimum atomic E-state index is 0.852. The monoisotopic (exact) mass is 129 g/mol. The lowest BCUT2D eigenvalue weighted by Gasteiger charge is -1.98. The van der Waals surface area contributed by atoms with Gasteiger partial charge >= 0.3 is 0 Å². The van der Waals surface area contributed by atoms with Crippen molar-refractivity contribution in [2.24, 2.45) is 0 Å². The Labute approximate surface area is 58.4 Å². The van der Waals surface area contributed by atoms with Crippen molar-refractivity contribution < 1.29 is 4.74 Å². The van der Waals surface area contributed by atoms with E-state index >= 15 is 0 Å². The Bertz CT molecular complexity index is 37.8. The van der Waals surface area contributed by atoms with E-state index in [0.717, 1.165) is 19.6 Å². The van der Waals surface area contributed by atoms with Gasteiger partial charge in [0.2, 0.25) is 0 Å². The molecule has 0 saturated heterocycles. The first-order chi connectivity index (χ1) is 4.41. The Balaban J connectivity index is 2.60. The minimum absolute atomic E-state index is 0.852. The van der Waals surface area contributed by atoms with E-state index in [1.54, 1.807) is 0 Å². The Morgan fingerprint density at radius 1 is 1.22 bits per heavy atom. The van der Waals surface area contributed by atoms with Gasteiger partial charge in [-0.3, -0.25) is 0 Å². The van der Waals surface area contributed by atoms with Crippen molar-refractivity contribution in [3.8, 4) is 0 Å². The molecule has 0 aromatic carbocycles. The Morgan fingerprint density at radius 3 is 2.56 bits per heavy atom. The summed E-state index contributed by atoms with van der Waals surface area (Å²) >= 11 is 0. The van der Waals surface area contributed by atoms with Gasteiger partial charge < -0.3 is 4.74 Å². The molecule has 0 bridgehead atoms. The van der Waals surface area contributed by atoms with Crippen LogP contribution in [-0.2, 0) is 4.74 Å². The van der Waals surface area contributed by atoms with Crippen molar-refractivity contribution in [3.63, 3.8) is 0 Å². The molecule has 1 nitrogen and oxygen atoms in total. The largest absolute Gasteiger partial charge is 0.382 e. The molecule has 1 heteroatoms. The molecule has 0 N–H and O–H groups in total. The molecule has 0 saturated carbocycles. The molecule has 0 aliphatic heterocycles. The molecule has 0 atom stereocenters. The van der Waals surface area contributed by atoms with Crippen LogP contribution in [0.5, 0.6) is 0 Å². The second-order valence-corrected chi connectivity index (χ2v) is 2.11. The highest BCUT2D eigenvalue weighted by Gasteiger charge is 1.85. The predicted octanol–water partition coefficient (Wildman–Crippen LogP) is 2.42.